The van der Waals surface area contributed by atoms with Crippen LogP contribution in [0.2, 0.25) is 0 Å². The van der Waals surface area contributed by atoms with Gasteiger partial charge in [-0.05, 0) is 45.3 Å². The fraction of sp³-hybridized carbons (Fsp3) is 0.947. The molecule has 0 aromatic carbocycles. The third kappa shape index (κ3) is 21.7. The Bertz CT molecular complexity index is 200. The molecule has 0 spiro atoms. The highest BCUT2D eigenvalue weighted by Gasteiger charge is 2.01. The number of aliphatic carboxylic acids is 1. The fourth-order valence-corrected chi connectivity index (χ4v) is 2.18. The van der Waals surface area contributed by atoms with Crippen LogP contribution in [0, 0.1) is 0 Å². The van der Waals surface area contributed by atoms with Crippen molar-refractivity contribution < 1.29 is 9.90 Å². The molecule has 0 bridgehead atoms. The maximum atomic E-state index is 9.96. The molecule has 1 N–H and O–H groups in total. The van der Waals surface area contributed by atoms with Crippen LogP contribution in [0.1, 0.15) is 98.3 Å². The monoisotopic (exact) mass is 315 g/mol. The van der Waals surface area contributed by atoms with E-state index >= 15 is 0 Å². The van der Waals surface area contributed by atoms with E-state index in [9.17, 15) is 4.79 Å². The van der Waals surface area contributed by atoms with Crippen LogP contribution < -0.4 is 0 Å². The van der Waals surface area contributed by atoms with Gasteiger partial charge in [-0.25, -0.2) is 0 Å². The van der Waals surface area contributed by atoms with E-state index in [-0.39, 0.29) is 0 Å². The van der Waals surface area contributed by atoms with Crippen molar-refractivity contribution in [2.24, 2.45) is 0 Å². The van der Waals surface area contributed by atoms with Gasteiger partial charge in [-0.2, -0.15) is 0 Å². The topological polar surface area (TPSA) is 40.5 Å². The molecular weight excluding hydrogens is 274 g/mol. The van der Waals surface area contributed by atoms with Crippen molar-refractivity contribution >= 4 is 5.97 Å². The average Bonchev–Trinajstić information content (AvgIpc) is 2.51. The molecule has 22 heavy (non-hydrogen) atoms. The van der Waals surface area contributed by atoms with Gasteiger partial charge in [0.15, 0.2) is 0 Å². The molecule has 0 heterocycles. The molecule has 0 fully saturated rings. The Morgan fingerprint density at radius 3 is 1.41 bits per heavy atom. The standard InChI is InChI=1S/C12H27N.C7H14O2/c1-4-7-10-13(11-8-5-2)12-9-6-3;1-2-3-4-5-6-7(8)9/h4-12H2,1-3H3;2-6H2,1H3,(H,8,9). The van der Waals surface area contributed by atoms with Crippen molar-refractivity contribution in [3.8, 4) is 0 Å². The number of nitrogens with zero attached hydrogens (tertiary/aromatic N) is 1. The highest BCUT2D eigenvalue weighted by Crippen LogP contribution is 2.02. The second kappa shape index (κ2) is 20.4. The van der Waals surface area contributed by atoms with Crippen LogP contribution in [-0.4, -0.2) is 35.6 Å². The van der Waals surface area contributed by atoms with E-state index in [4.69, 9.17) is 5.11 Å². The summed E-state index contributed by atoms with van der Waals surface area (Å²) in [6.07, 6.45) is 12.6. The second-order valence-corrected chi connectivity index (χ2v) is 6.11. The minimum atomic E-state index is -0.675. The number of unbranched alkanes of at least 4 members (excludes halogenated alkanes) is 6. The van der Waals surface area contributed by atoms with Crippen LogP contribution >= 0.6 is 0 Å². The lowest BCUT2D eigenvalue weighted by Gasteiger charge is -2.21. The molecule has 0 atom stereocenters. The summed E-state index contributed by atoms with van der Waals surface area (Å²) in [7, 11) is 0. The summed E-state index contributed by atoms with van der Waals surface area (Å²) in [6, 6.07) is 0. The first-order valence-electron chi connectivity index (χ1n) is 9.56. The molecule has 0 saturated heterocycles. The van der Waals surface area contributed by atoms with E-state index < -0.39 is 5.97 Å². The summed E-state index contributed by atoms with van der Waals surface area (Å²) in [5, 5.41) is 8.21. The SMILES string of the molecule is CCCCCCC(=O)O.CCCCN(CCCC)CCCC. The smallest absolute Gasteiger partial charge is 0.303 e. The van der Waals surface area contributed by atoms with E-state index in [0.717, 1.165) is 19.3 Å². The molecule has 0 saturated carbocycles. The lowest BCUT2D eigenvalue weighted by Crippen LogP contribution is -2.27. The molecule has 0 rings (SSSR count). The minimum Gasteiger partial charge on any atom is -0.481 e. The number of hydrogen-bond donors (Lipinski definition) is 1. The van der Waals surface area contributed by atoms with Crippen molar-refractivity contribution in [1.82, 2.24) is 4.90 Å². The van der Waals surface area contributed by atoms with Gasteiger partial charge < -0.3 is 10.0 Å². The summed E-state index contributed by atoms with van der Waals surface area (Å²) in [4.78, 5) is 12.6. The molecule has 0 aromatic heterocycles. The van der Waals surface area contributed by atoms with Crippen molar-refractivity contribution in [3.63, 3.8) is 0 Å². The third-order valence-corrected chi connectivity index (χ3v) is 3.73. The zero-order chi connectivity index (χ0) is 17.1. The van der Waals surface area contributed by atoms with Crippen molar-refractivity contribution in [2.75, 3.05) is 19.6 Å². The maximum absolute atomic E-state index is 9.96. The zero-order valence-corrected chi connectivity index (χ0v) is 15.7. The third-order valence-electron chi connectivity index (χ3n) is 3.73. The normalized spacial score (nSPS) is 10.4. The zero-order valence-electron chi connectivity index (χ0n) is 15.7. The molecule has 134 valence electrons. The van der Waals surface area contributed by atoms with Gasteiger partial charge in [0.1, 0.15) is 0 Å². The van der Waals surface area contributed by atoms with Crippen LogP contribution in [0.5, 0.6) is 0 Å². The first-order valence-corrected chi connectivity index (χ1v) is 9.56. The molecule has 0 aromatic rings. The van der Waals surface area contributed by atoms with Crippen LogP contribution in [0.25, 0.3) is 0 Å². The summed E-state index contributed by atoms with van der Waals surface area (Å²) in [6.45, 7) is 12.9. The Morgan fingerprint density at radius 1 is 0.682 bits per heavy atom. The van der Waals surface area contributed by atoms with E-state index in [1.165, 1.54) is 64.6 Å². The number of carbonyl (C=O) groups is 1. The fourth-order valence-electron chi connectivity index (χ4n) is 2.18. The molecule has 3 heteroatoms. The van der Waals surface area contributed by atoms with Crippen molar-refractivity contribution in [1.29, 1.82) is 0 Å². The lowest BCUT2D eigenvalue weighted by atomic mass is 10.2. The Morgan fingerprint density at radius 2 is 1.09 bits per heavy atom. The average molecular weight is 316 g/mol. The van der Waals surface area contributed by atoms with E-state index in [1.54, 1.807) is 0 Å². The Kier molecular flexibility index (Phi) is 22.0. The van der Waals surface area contributed by atoms with Gasteiger partial charge in [0.05, 0.1) is 0 Å². The second-order valence-electron chi connectivity index (χ2n) is 6.11. The highest BCUT2D eigenvalue weighted by molar-refractivity contribution is 5.66. The van der Waals surface area contributed by atoms with Crippen LogP contribution in [-0.2, 0) is 4.79 Å². The summed E-state index contributed by atoms with van der Waals surface area (Å²) >= 11 is 0. The van der Waals surface area contributed by atoms with Gasteiger partial charge in [-0.3, -0.25) is 4.79 Å². The number of carboxylic acids is 1. The Hall–Kier alpha value is -0.570. The Balaban J connectivity index is 0. The van der Waals surface area contributed by atoms with E-state index in [0.29, 0.717) is 6.42 Å². The van der Waals surface area contributed by atoms with Crippen LogP contribution in [0.15, 0.2) is 0 Å². The highest BCUT2D eigenvalue weighted by atomic mass is 16.4. The first kappa shape index (κ1) is 23.7. The molecule has 0 aliphatic heterocycles. The molecular formula is C19H41NO2. The summed E-state index contributed by atoms with van der Waals surface area (Å²) < 4.78 is 0. The summed E-state index contributed by atoms with van der Waals surface area (Å²) in [5.41, 5.74) is 0. The molecule has 0 radical (unpaired) electrons. The molecule has 3 nitrogen and oxygen atoms in total. The van der Waals surface area contributed by atoms with Gasteiger partial charge in [-0.15, -0.1) is 0 Å². The van der Waals surface area contributed by atoms with Gasteiger partial charge in [0, 0.05) is 6.42 Å². The Labute approximate surface area is 139 Å². The largest absolute Gasteiger partial charge is 0.481 e. The predicted molar refractivity (Wildman–Crippen MR) is 97.6 cm³/mol. The van der Waals surface area contributed by atoms with Gasteiger partial charge in [0.25, 0.3) is 0 Å². The lowest BCUT2D eigenvalue weighted by molar-refractivity contribution is -0.137. The number of rotatable bonds is 14. The van der Waals surface area contributed by atoms with Crippen molar-refractivity contribution in [3.05, 3.63) is 0 Å². The minimum absolute atomic E-state index is 0.333. The van der Waals surface area contributed by atoms with Crippen LogP contribution in [0.3, 0.4) is 0 Å². The van der Waals surface area contributed by atoms with Crippen LogP contribution in [0.4, 0.5) is 0 Å². The molecule has 0 aliphatic carbocycles. The molecule has 0 amide bonds. The van der Waals surface area contributed by atoms with Gasteiger partial charge in [0.2, 0.25) is 0 Å². The first-order chi connectivity index (χ1) is 10.6. The van der Waals surface area contributed by atoms with E-state index in [1.807, 2.05) is 0 Å². The quantitative estimate of drug-likeness (QED) is 0.416. The summed E-state index contributed by atoms with van der Waals surface area (Å²) in [5.74, 6) is -0.675. The number of hydrogen-bond acceptors (Lipinski definition) is 2. The van der Waals surface area contributed by atoms with Gasteiger partial charge >= 0.3 is 5.97 Å². The van der Waals surface area contributed by atoms with E-state index in [2.05, 4.69) is 32.6 Å². The van der Waals surface area contributed by atoms with Crippen molar-refractivity contribution in [2.45, 2.75) is 98.3 Å². The maximum Gasteiger partial charge on any atom is 0.303 e. The van der Waals surface area contributed by atoms with Gasteiger partial charge in [-0.1, -0.05) is 66.2 Å². The number of carboxylic acid groups (broad SMARTS) is 1. The predicted octanol–water partition coefficient (Wildman–Crippen LogP) is 5.73. The molecule has 0 aliphatic rings. The molecule has 0 unspecified atom stereocenters.